The van der Waals surface area contributed by atoms with Gasteiger partial charge in [0.2, 0.25) is 0 Å². The molecule has 0 fully saturated rings. The lowest BCUT2D eigenvalue weighted by Gasteiger charge is -2.23. The minimum Gasteiger partial charge on any atom is -0.491 e. The van der Waals surface area contributed by atoms with Crippen molar-refractivity contribution in [2.75, 3.05) is 0 Å². The van der Waals surface area contributed by atoms with E-state index in [1.54, 1.807) is 0 Å². The van der Waals surface area contributed by atoms with Crippen molar-refractivity contribution in [1.29, 1.82) is 0 Å². The Bertz CT molecular complexity index is 1000. The van der Waals surface area contributed by atoms with Crippen molar-refractivity contribution in [3.8, 4) is 17.0 Å². The van der Waals surface area contributed by atoms with Crippen LogP contribution < -0.4 is 10.1 Å². The van der Waals surface area contributed by atoms with E-state index in [-0.39, 0.29) is 6.10 Å². The molecule has 0 spiro atoms. The second-order valence-electron chi connectivity index (χ2n) is 9.03. The van der Waals surface area contributed by atoms with Crippen LogP contribution in [0.1, 0.15) is 81.4 Å². The Hall–Kier alpha value is -2.65. The first kappa shape index (κ1) is 25.0. The lowest BCUT2D eigenvalue weighted by Crippen LogP contribution is -2.22. The lowest BCUT2D eigenvalue weighted by molar-refractivity contribution is 0.238. The molecule has 2 aromatic carbocycles. The van der Waals surface area contributed by atoms with Crippen molar-refractivity contribution >= 4 is 0 Å². The number of nitrogens with zero attached hydrogens (tertiary/aromatic N) is 1. The highest BCUT2D eigenvalue weighted by molar-refractivity contribution is 5.70. The average Bonchev–Trinajstić information content (AvgIpc) is 2.82. The molecule has 1 N–H and O–H groups in total. The third-order valence-electron chi connectivity index (χ3n) is 6.21. The molecule has 1 heterocycles. The van der Waals surface area contributed by atoms with Crippen LogP contribution in [0.2, 0.25) is 0 Å². The monoisotopic (exact) mass is 444 g/mol. The number of hydrogen-bond acceptors (Lipinski definition) is 3. The molecule has 0 aliphatic rings. The zero-order chi connectivity index (χ0) is 23.8. The summed E-state index contributed by atoms with van der Waals surface area (Å²) in [5, 5.41) is 3.79. The predicted molar refractivity (Wildman–Crippen MR) is 140 cm³/mol. The van der Waals surface area contributed by atoms with Gasteiger partial charge in [0.25, 0.3) is 0 Å². The van der Waals surface area contributed by atoms with Crippen LogP contribution in [0.15, 0.2) is 54.6 Å². The van der Waals surface area contributed by atoms with Crippen LogP contribution >= 0.6 is 0 Å². The van der Waals surface area contributed by atoms with E-state index in [1.165, 1.54) is 22.3 Å². The first-order chi connectivity index (χ1) is 16.0. The highest BCUT2D eigenvalue weighted by Crippen LogP contribution is 2.33. The minimum atomic E-state index is 0.103. The zero-order valence-electron chi connectivity index (χ0n) is 21.2. The molecule has 0 amide bonds. The molecule has 3 rings (SSSR count). The Morgan fingerprint density at radius 1 is 0.909 bits per heavy atom. The molecule has 3 nitrogen and oxygen atoms in total. The summed E-state index contributed by atoms with van der Waals surface area (Å²) in [4.78, 5) is 5.11. The number of nitrogens with one attached hydrogen (secondary N) is 1. The molecule has 33 heavy (non-hydrogen) atoms. The topological polar surface area (TPSA) is 34.1 Å². The van der Waals surface area contributed by atoms with Crippen molar-refractivity contribution in [2.24, 2.45) is 0 Å². The molecule has 3 aromatic rings. The second-order valence-corrected chi connectivity index (χ2v) is 9.03. The van der Waals surface area contributed by atoms with Gasteiger partial charge in [-0.2, -0.15) is 0 Å². The summed E-state index contributed by atoms with van der Waals surface area (Å²) in [6.07, 6.45) is 4.31. The molecule has 1 atom stereocenters. The number of benzene rings is 2. The van der Waals surface area contributed by atoms with E-state index in [0.29, 0.717) is 6.04 Å². The summed E-state index contributed by atoms with van der Waals surface area (Å²) in [5.74, 6) is 0.941. The largest absolute Gasteiger partial charge is 0.491 e. The second kappa shape index (κ2) is 12.0. The van der Waals surface area contributed by atoms with E-state index in [2.05, 4.69) is 101 Å². The molecule has 1 unspecified atom stereocenters. The summed E-state index contributed by atoms with van der Waals surface area (Å²) in [5.41, 5.74) is 8.49. The fraction of sp³-hybridized carbons (Fsp3) is 0.433. The van der Waals surface area contributed by atoms with Gasteiger partial charge in [0.1, 0.15) is 5.75 Å². The van der Waals surface area contributed by atoms with Gasteiger partial charge in [-0.05, 0) is 56.7 Å². The van der Waals surface area contributed by atoms with Crippen LogP contribution in [0.25, 0.3) is 11.3 Å². The van der Waals surface area contributed by atoms with Gasteiger partial charge in [0.05, 0.1) is 11.8 Å². The van der Waals surface area contributed by atoms with Gasteiger partial charge in [-0.1, -0.05) is 75.7 Å². The van der Waals surface area contributed by atoms with Crippen molar-refractivity contribution in [3.63, 3.8) is 0 Å². The van der Waals surface area contributed by atoms with Crippen LogP contribution in [0, 0.1) is 6.92 Å². The third kappa shape index (κ3) is 6.23. The number of aromatic nitrogens is 1. The minimum absolute atomic E-state index is 0.103. The van der Waals surface area contributed by atoms with Gasteiger partial charge in [-0.25, -0.2) is 0 Å². The fourth-order valence-corrected chi connectivity index (χ4v) is 4.53. The van der Waals surface area contributed by atoms with Gasteiger partial charge in [-0.15, -0.1) is 0 Å². The van der Waals surface area contributed by atoms with E-state index in [9.17, 15) is 0 Å². The molecule has 0 radical (unpaired) electrons. The first-order valence-electron chi connectivity index (χ1n) is 12.5. The maximum Gasteiger partial charge on any atom is 0.128 e. The molecule has 0 aliphatic heterocycles. The summed E-state index contributed by atoms with van der Waals surface area (Å²) in [7, 11) is 0. The third-order valence-corrected chi connectivity index (χ3v) is 6.21. The van der Waals surface area contributed by atoms with Crippen LogP contribution in [-0.4, -0.2) is 11.1 Å². The Kier molecular flexibility index (Phi) is 9.08. The Morgan fingerprint density at radius 2 is 1.58 bits per heavy atom. The average molecular weight is 445 g/mol. The van der Waals surface area contributed by atoms with Crippen molar-refractivity contribution < 1.29 is 4.74 Å². The highest BCUT2D eigenvalue weighted by atomic mass is 16.5. The molecule has 1 aromatic heterocycles. The zero-order valence-corrected chi connectivity index (χ0v) is 21.2. The lowest BCUT2D eigenvalue weighted by atomic mass is 9.94. The van der Waals surface area contributed by atoms with Crippen LogP contribution in [-0.2, 0) is 19.4 Å². The van der Waals surface area contributed by atoms with Crippen molar-refractivity contribution in [2.45, 2.75) is 85.9 Å². The van der Waals surface area contributed by atoms with Crippen molar-refractivity contribution in [1.82, 2.24) is 10.3 Å². The summed E-state index contributed by atoms with van der Waals surface area (Å²) in [6, 6.07) is 19.8. The van der Waals surface area contributed by atoms with Crippen molar-refractivity contribution in [3.05, 3.63) is 82.5 Å². The maximum atomic E-state index is 6.35. The standard InChI is InChI=1S/C30H40N2O/c1-7-14-27(25-15-11-10-12-16-25)31-20-26-22(6)32-28(19-29(26)33-21(4)5)30-23(8-2)17-13-18-24(30)9-3/h10-13,15-19,21,27,31H,7-9,14,20H2,1-6H3. The fourth-order valence-electron chi connectivity index (χ4n) is 4.53. The summed E-state index contributed by atoms with van der Waals surface area (Å²) < 4.78 is 6.35. The Labute approximate surface area is 200 Å². The summed E-state index contributed by atoms with van der Waals surface area (Å²) in [6.45, 7) is 13.7. The molecule has 0 saturated carbocycles. The molecule has 3 heteroatoms. The van der Waals surface area contributed by atoms with Crippen LogP contribution in [0.5, 0.6) is 5.75 Å². The van der Waals surface area contributed by atoms with E-state index in [4.69, 9.17) is 9.72 Å². The molecule has 0 aliphatic carbocycles. The predicted octanol–water partition coefficient (Wildman–Crippen LogP) is 7.60. The first-order valence-corrected chi connectivity index (χ1v) is 12.5. The van der Waals surface area contributed by atoms with Crippen LogP contribution in [0.4, 0.5) is 0 Å². The Balaban J connectivity index is 2.00. The molecular formula is C30H40N2O. The number of hydrogen-bond donors (Lipinski definition) is 1. The number of aryl methyl sites for hydroxylation is 3. The molecular weight excluding hydrogens is 404 g/mol. The van der Waals surface area contributed by atoms with E-state index in [0.717, 1.165) is 54.9 Å². The quantitative estimate of drug-likeness (QED) is 0.331. The van der Waals surface area contributed by atoms with Gasteiger partial charge >= 0.3 is 0 Å². The van der Waals surface area contributed by atoms with Crippen LogP contribution in [0.3, 0.4) is 0 Å². The Morgan fingerprint density at radius 3 is 2.15 bits per heavy atom. The summed E-state index contributed by atoms with van der Waals surface area (Å²) >= 11 is 0. The van der Waals surface area contributed by atoms with Gasteiger partial charge in [0, 0.05) is 35.5 Å². The number of pyridine rings is 1. The van der Waals surface area contributed by atoms with Gasteiger partial charge in [-0.3, -0.25) is 4.98 Å². The van der Waals surface area contributed by atoms with E-state index >= 15 is 0 Å². The smallest absolute Gasteiger partial charge is 0.128 e. The van der Waals surface area contributed by atoms with E-state index in [1.807, 2.05) is 0 Å². The molecule has 0 saturated heterocycles. The maximum absolute atomic E-state index is 6.35. The van der Waals surface area contributed by atoms with E-state index < -0.39 is 0 Å². The number of rotatable bonds is 11. The molecule has 0 bridgehead atoms. The van der Waals surface area contributed by atoms with Gasteiger partial charge in [0.15, 0.2) is 0 Å². The molecule has 176 valence electrons. The van der Waals surface area contributed by atoms with Gasteiger partial charge < -0.3 is 10.1 Å². The number of ether oxygens (including phenoxy) is 1. The highest BCUT2D eigenvalue weighted by Gasteiger charge is 2.18. The normalized spacial score (nSPS) is 12.2. The SMILES string of the molecule is CCCC(NCc1c(OC(C)C)cc(-c2c(CC)cccc2CC)nc1C)c1ccccc1.